The molecule has 0 spiro atoms. The summed E-state index contributed by atoms with van der Waals surface area (Å²) in [6.07, 6.45) is 6.12. The van der Waals surface area contributed by atoms with E-state index in [0.717, 1.165) is 48.7 Å². The van der Waals surface area contributed by atoms with Gasteiger partial charge in [-0.2, -0.15) is 0 Å². The van der Waals surface area contributed by atoms with Crippen LogP contribution in [0.4, 0.5) is 9.59 Å². The molecule has 0 radical (unpaired) electrons. The van der Waals surface area contributed by atoms with E-state index in [9.17, 15) is 19.2 Å². The van der Waals surface area contributed by atoms with Gasteiger partial charge in [0.05, 0.1) is 46.1 Å². The summed E-state index contributed by atoms with van der Waals surface area (Å²) < 4.78 is 21.8. The number of imidazole rings is 2. The van der Waals surface area contributed by atoms with Crippen molar-refractivity contribution < 1.29 is 38.1 Å². The van der Waals surface area contributed by atoms with Crippen LogP contribution in [-0.4, -0.2) is 103 Å². The predicted molar refractivity (Wildman–Crippen MR) is 191 cm³/mol. The summed E-state index contributed by atoms with van der Waals surface area (Å²) in [6, 6.07) is -1.51. The summed E-state index contributed by atoms with van der Waals surface area (Å²) >= 11 is 0. The number of hydrogen-bond donors (Lipinski definition) is 6. The predicted octanol–water partition coefficient (Wildman–Crippen LogP) is 3.76. The maximum Gasteiger partial charge on any atom is 0.407 e. The van der Waals surface area contributed by atoms with Crippen LogP contribution in [0, 0.1) is 17.8 Å². The first kappa shape index (κ1) is 40.7. The number of hydrogen-bond acceptors (Lipinski definition) is 11. The Morgan fingerprint density at radius 3 is 1.90 bits per heavy atom. The Kier molecular flexibility index (Phi) is 15.0. The Morgan fingerprint density at radius 1 is 0.788 bits per heavy atom. The first-order chi connectivity index (χ1) is 24.8. The topological polar surface area (TPSA) is 211 Å². The summed E-state index contributed by atoms with van der Waals surface area (Å²) in [5.41, 5.74) is 2.02. The smallest absolute Gasteiger partial charge is 0.407 e. The molecule has 2 aliphatic rings. The number of rotatable bonds is 16. The second-order valence-corrected chi connectivity index (χ2v) is 14.7. The number of ether oxygens (including phenoxy) is 4. The first-order valence-electron chi connectivity index (χ1n) is 18.4. The highest BCUT2D eigenvalue weighted by molar-refractivity contribution is 5.89. The van der Waals surface area contributed by atoms with Gasteiger partial charge in [-0.25, -0.2) is 19.6 Å². The highest BCUT2D eigenvalue weighted by Crippen LogP contribution is 2.39. The number of nitrogens with zero attached hydrogens (tertiary/aromatic N) is 2. The highest BCUT2D eigenvalue weighted by Gasteiger charge is 2.35. The minimum Gasteiger partial charge on any atom is -0.453 e. The lowest BCUT2D eigenvalue weighted by Crippen LogP contribution is -2.50. The first-order valence-corrected chi connectivity index (χ1v) is 18.4. The van der Waals surface area contributed by atoms with Gasteiger partial charge in [0.25, 0.3) is 0 Å². The van der Waals surface area contributed by atoms with Crippen LogP contribution in [0.15, 0.2) is 12.4 Å². The minimum atomic E-state index is -0.700. The SMILES string of the molecule is COC(=O)N[C@H](C(=O)CN[C@@H](C)c1ncc(C2CCC(C3OCC(c4cnc([C@@H](C)CNC(=O)[C@@H](NC(=O)OC)C(C)C)[nH]4)CO3)CC2)[nH]1)C(C)C. The van der Waals surface area contributed by atoms with E-state index in [4.69, 9.17) is 9.47 Å². The Balaban J connectivity index is 1.18. The zero-order chi connectivity index (χ0) is 37.9. The van der Waals surface area contributed by atoms with Gasteiger partial charge in [0, 0.05) is 54.0 Å². The lowest BCUT2D eigenvalue weighted by molar-refractivity contribution is -0.217. The fourth-order valence-electron chi connectivity index (χ4n) is 6.71. The second-order valence-electron chi connectivity index (χ2n) is 14.7. The van der Waals surface area contributed by atoms with E-state index < -0.39 is 24.3 Å². The molecule has 4 rings (SSSR count). The van der Waals surface area contributed by atoms with Gasteiger partial charge in [0.15, 0.2) is 12.1 Å². The Labute approximate surface area is 306 Å². The molecule has 1 saturated carbocycles. The Bertz CT molecular complexity index is 1350. The number of alkyl carbamates (subject to hydrolysis) is 2. The third kappa shape index (κ3) is 11.0. The van der Waals surface area contributed by atoms with Crippen molar-refractivity contribution >= 4 is 23.9 Å². The van der Waals surface area contributed by atoms with Crippen LogP contribution < -0.4 is 21.3 Å². The summed E-state index contributed by atoms with van der Waals surface area (Å²) in [4.78, 5) is 64.9. The van der Waals surface area contributed by atoms with Crippen molar-refractivity contribution in [3.8, 4) is 0 Å². The van der Waals surface area contributed by atoms with Gasteiger partial charge in [0.2, 0.25) is 5.91 Å². The molecule has 16 nitrogen and oxygen atoms in total. The Hall–Kier alpha value is -4.02. The molecule has 6 N–H and O–H groups in total. The zero-order valence-electron chi connectivity index (χ0n) is 31.7. The minimum absolute atomic E-state index is 0.0277. The molecule has 3 heterocycles. The molecule has 2 fully saturated rings. The molecule has 0 unspecified atom stereocenters. The fraction of sp³-hybridized carbons (Fsp3) is 0.722. The van der Waals surface area contributed by atoms with Crippen LogP contribution >= 0.6 is 0 Å². The maximum absolute atomic E-state index is 12.8. The fourth-order valence-corrected chi connectivity index (χ4v) is 6.71. The van der Waals surface area contributed by atoms with Gasteiger partial charge in [0.1, 0.15) is 17.7 Å². The standard InChI is InChI=1S/C36H58N8O8/c1-19(2)29(43-35(47)49-7)28(45)16-37-22(6)32-39-14-26(42-32)23-9-11-24(12-10-23)34-51-17-25(18-52-34)27-15-38-31(41-27)21(5)13-40-33(46)30(20(3)4)44-36(48)50-8/h14-15,19-25,29-30,34,37H,9-13,16-18H2,1-8H3,(H,38,41)(H,39,42)(H,40,46)(H,43,47)(H,44,48)/t21-,22-,23?,24?,25?,29-,30-,34?/m0/s1. The molecule has 1 aliphatic carbocycles. The van der Waals surface area contributed by atoms with Gasteiger partial charge >= 0.3 is 12.2 Å². The van der Waals surface area contributed by atoms with Crippen molar-refractivity contribution in [2.45, 2.75) is 109 Å². The van der Waals surface area contributed by atoms with E-state index in [-0.39, 0.29) is 54.2 Å². The average molecular weight is 731 g/mol. The van der Waals surface area contributed by atoms with Crippen LogP contribution in [0.2, 0.25) is 0 Å². The molecule has 2 aromatic heterocycles. The molecule has 2 aromatic rings. The van der Waals surface area contributed by atoms with E-state index in [2.05, 4.69) is 50.7 Å². The zero-order valence-corrected chi connectivity index (χ0v) is 31.7. The lowest BCUT2D eigenvalue weighted by Gasteiger charge is -2.37. The van der Waals surface area contributed by atoms with E-state index in [1.54, 1.807) is 0 Å². The molecule has 0 bridgehead atoms. The van der Waals surface area contributed by atoms with E-state index in [1.807, 2.05) is 53.9 Å². The Morgan fingerprint density at radius 2 is 1.33 bits per heavy atom. The van der Waals surface area contributed by atoms with E-state index in [0.29, 0.717) is 31.6 Å². The monoisotopic (exact) mass is 730 g/mol. The molecule has 1 aliphatic heterocycles. The van der Waals surface area contributed by atoms with Crippen molar-refractivity contribution in [3.63, 3.8) is 0 Å². The molecule has 0 aromatic carbocycles. The number of carbonyl (C=O) groups excluding carboxylic acids is 4. The third-order valence-electron chi connectivity index (χ3n) is 10.1. The summed E-state index contributed by atoms with van der Waals surface area (Å²) in [7, 11) is 2.54. The third-order valence-corrected chi connectivity index (χ3v) is 10.1. The molecule has 3 amide bonds. The lowest BCUT2D eigenvalue weighted by atomic mass is 9.80. The van der Waals surface area contributed by atoms with Gasteiger partial charge in [-0.3, -0.25) is 9.59 Å². The van der Waals surface area contributed by atoms with Crippen molar-refractivity contribution in [1.82, 2.24) is 41.2 Å². The van der Waals surface area contributed by atoms with Crippen molar-refractivity contribution in [1.29, 1.82) is 0 Å². The van der Waals surface area contributed by atoms with Crippen LogP contribution in [0.5, 0.6) is 0 Å². The summed E-state index contributed by atoms with van der Waals surface area (Å²) in [5.74, 6) is 1.56. The molecule has 1 saturated heterocycles. The number of Topliss-reactive ketones (excluding diaryl/α,β-unsaturated/α-hetero) is 1. The van der Waals surface area contributed by atoms with Gasteiger partial charge in [-0.1, -0.05) is 34.6 Å². The summed E-state index contributed by atoms with van der Waals surface area (Å²) in [6.45, 7) is 12.9. The molecular weight excluding hydrogens is 672 g/mol. The summed E-state index contributed by atoms with van der Waals surface area (Å²) in [5, 5.41) is 11.3. The normalized spacial score (nSPS) is 23.0. The quantitative estimate of drug-likeness (QED) is 0.146. The number of methoxy groups -OCH3 is 2. The average Bonchev–Trinajstić information content (AvgIpc) is 3.85. The van der Waals surface area contributed by atoms with Crippen LogP contribution in [0.3, 0.4) is 0 Å². The number of ketones is 1. The molecule has 4 atom stereocenters. The van der Waals surface area contributed by atoms with Crippen molar-refractivity contribution in [2.75, 3.05) is 40.5 Å². The molecule has 52 heavy (non-hydrogen) atoms. The van der Waals surface area contributed by atoms with Crippen LogP contribution in [0.1, 0.15) is 114 Å². The van der Waals surface area contributed by atoms with E-state index in [1.165, 1.54) is 14.2 Å². The molecular formula is C36H58N8O8. The van der Waals surface area contributed by atoms with E-state index >= 15 is 0 Å². The largest absolute Gasteiger partial charge is 0.453 e. The number of amides is 3. The number of aromatic nitrogens is 4. The number of nitrogens with one attached hydrogen (secondary N) is 6. The van der Waals surface area contributed by atoms with Gasteiger partial charge in [-0.05, 0) is 44.4 Å². The highest BCUT2D eigenvalue weighted by atomic mass is 16.7. The van der Waals surface area contributed by atoms with Crippen LogP contribution in [-0.2, 0) is 28.5 Å². The van der Waals surface area contributed by atoms with Crippen LogP contribution in [0.25, 0.3) is 0 Å². The maximum atomic E-state index is 12.8. The number of carbonyl (C=O) groups is 4. The van der Waals surface area contributed by atoms with Gasteiger partial charge < -0.3 is 50.2 Å². The van der Waals surface area contributed by atoms with Crippen molar-refractivity contribution in [3.05, 3.63) is 35.4 Å². The van der Waals surface area contributed by atoms with Crippen molar-refractivity contribution in [2.24, 2.45) is 17.8 Å². The molecule has 290 valence electrons. The molecule has 16 heteroatoms. The number of aromatic amines is 2. The second kappa shape index (κ2) is 19.2. The number of H-pyrrole nitrogens is 2. The van der Waals surface area contributed by atoms with Gasteiger partial charge in [-0.15, -0.1) is 0 Å².